The molecule has 1 saturated heterocycles. The lowest BCUT2D eigenvalue weighted by molar-refractivity contribution is -0.173. The highest BCUT2D eigenvalue weighted by molar-refractivity contribution is 5.29. The minimum atomic E-state index is -1.45. The van der Waals surface area contributed by atoms with Gasteiger partial charge < -0.3 is 14.9 Å². The van der Waals surface area contributed by atoms with Crippen LogP contribution in [0, 0.1) is 0 Å². The van der Waals surface area contributed by atoms with E-state index in [-0.39, 0.29) is 12.5 Å². The predicted octanol–water partition coefficient (Wildman–Crippen LogP) is 1.12. The Labute approximate surface area is 106 Å². The summed E-state index contributed by atoms with van der Waals surface area (Å²) in [7, 11) is 1.61. The number of nitrogens with one attached hydrogen (secondary N) is 1. The molecular formula is C13H19NO4. The van der Waals surface area contributed by atoms with Gasteiger partial charge in [0, 0.05) is 6.42 Å². The molecule has 0 spiro atoms. The van der Waals surface area contributed by atoms with Crippen molar-refractivity contribution in [3.8, 4) is 5.75 Å². The molecule has 0 unspecified atom stereocenters. The van der Waals surface area contributed by atoms with Gasteiger partial charge in [0.05, 0.1) is 7.11 Å². The Bertz CT molecular complexity index is 412. The summed E-state index contributed by atoms with van der Waals surface area (Å²) in [5.74, 6) is 0.766. The summed E-state index contributed by atoms with van der Waals surface area (Å²) in [6, 6.07) is 7.42. The quantitative estimate of drug-likeness (QED) is 0.753. The topological polar surface area (TPSA) is 71.0 Å². The molecule has 18 heavy (non-hydrogen) atoms. The second-order valence-electron chi connectivity index (χ2n) is 5.11. The largest absolute Gasteiger partial charge is 0.497 e. The summed E-state index contributed by atoms with van der Waals surface area (Å²) in [6.07, 6.45) is -0.0182. The first-order valence-corrected chi connectivity index (χ1v) is 5.87. The maximum atomic E-state index is 10.2. The summed E-state index contributed by atoms with van der Waals surface area (Å²) in [5.41, 5.74) is 0.714. The lowest BCUT2D eigenvalue weighted by Crippen LogP contribution is -2.56. The second-order valence-corrected chi connectivity index (χ2v) is 5.11. The molecule has 1 fully saturated rings. The maximum absolute atomic E-state index is 10.2. The molecule has 5 nitrogen and oxygen atoms in total. The molecule has 0 aromatic heterocycles. The molecule has 1 heterocycles. The third kappa shape index (κ3) is 2.35. The Morgan fingerprint density at radius 2 is 2.00 bits per heavy atom. The first-order valence-electron chi connectivity index (χ1n) is 5.87. The Kier molecular flexibility index (Phi) is 3.33. The van der Waals surface area contributed by atoms with E-state index in [4.69, 9.17) is 9.57 Å². The number of benzene rings is 1. The summed E-state index contributed by atoms with van der Waals surface area (Å²) in [4.78, 5) is 5.35. The van der Waals surface area contributed by atoms with Gasteiger partial charge in [-0.25, -0.2) is 0 Å². The molecule has 0 saturated carbocycles. The van der Waals surface area contributed by atoms with E-state index in [1.165, 1.54) is 0 Å². The number of hydrogen-bond donors (Lipinski definition) is 3. The zero-order valence-corrected chi connectivity index (χ0v) is 10.8. The third-order valence-corrected chi connectivity index (χ3v) is 3.35. The molecule has 2 rings (SSSR count). The highest BCUT2D eigenvalue weighted by Gasteiger charge is 2.49. The van der Waals surface area contributed by atoms with Crippen molar-refractivity contribution in [3.63, 3.8) is 0 Å². The van der Waals surface area contributed by atoms with Crippen LogP contribution in [0.3, 0.4) is 0 Å². The molecule has 0 radical (unpaired) electrons. The highest BCUT2D eigenvalue weighted by atomic mass is 16.7. The van der Waals surface area contributed by atoms with Crippen molar-refractivity contribution >= 4 is 0 Å². The third-order valence-electron chi connectivity index (χ3n) is 3.35. The molecule has 1 aromatic rings. The fourth-order valence-corrected chi connectivity index (χ4v) is 1.90. The van der Waals surface area contributed by atoms with Crippen LogP contribution in [0.15, 0.2) is 24.3 Å². The highest BCUT2D eigenvalue weighted by Crippen LogP contribution is 2.37. The van der Waals surface area contributed by atoms with Crippen molar-refractivity contribution in [2.45, 2.75) is 37.7 Å². The first-order chi connectivity index (χ1) is 8.36. The number of ether oxygens (including phenoxy) is 1. The Morgan fingerprint density at radius 3 is 2.44 bits per heavy atom. The number of hydrogen-bond acceptors (Lipinski definition) is 5. The van der Waals surface area contributed by atoms with Gasteiger partial charge in [0.25, 0.3) is 0 Å². The normalized spacial score (nSPS) is 28.4. The van der Waals surface area contributed by atoms with Crippen LogP contribution >= 0.6 is 0 Å². The lowest BCUT2D eigenvalue weighted by atomic mass is 9.89. The minimum absolute atomic E-state index is 0.281. The summed E-state index contributed by atoms with van der Waals surface area (Å²) in [6.45, 7) is 3.08. The zero-order chi connectivity index (χ0) is 13.4. The van der Waals surface area contributed by atoms with Crippen LogP contribution in [0.5, 0.6) is 5.75 Å². The van der Waals surface area contributed by atoms with Crippen molar-refractivity contribution in [1.29, 1.82) is 0 Å². The minimum Gasteiger partial charge on any atom is -0.497 e. The van der Waals surface area contributed by atoms with Gasteiger partial charge in [0.15, 0.2) is 5.72 Å². The molecule has 3 N–H and O–H groups in total. The van der Waals surface area contributed by atoms with Crippen molar-refractivity contribution < 1.29 is 19.8 Å². The average molecular weight is 253 g/mol. The van der Waals surface area contributed by atoms with Gasteiger partial charge in [-0.05, 0) is 31.5 Å². The van der Waals surface area contributed by atoms with Crippen molar-refractivity contribution in [3.05, 3.63) is 29.8 Å². The fourth-order valence-electron chi connectivity index (χ4n) is 1.90. The summed E-state index contributed by atoms with van der Waals surface area (Å²) >= 11 is 0. The number of rotatable bonds is 3. The molecule has 5 heteroatoms. The molecule has 2 atom stereocenters. The van der Waals surface area contributed by atoms with Crippen LogP contribution in [0.25, 0.3) is 0 Å². The summed E-state index contributed by atoms with van der Waals surface area (Å²) < 4.78 is 5.08. The molecule has 1 aromatic carbocycles. The van der Waals surface area contributed by atoms with Crippen molar-refractivity contribution in [1.82, 2.24) is 5.48 Å². The van der Waals surface area contributed by atoms with Crippen LogP contribution < -0.4 is 10.2 Å². The van der Waals surface area contributed by atoms with Gasteiger partial charge in [-0.1, -0.05) is 12.1 Å². The number of methoxy groups -OCH3 is 1. The van der Waals surface area contributed by atoms with E-state index >= 15 is 0 Å². The summed E-state index contributed by atoms with van der Waals surface area (Å²) in [5, 5.41) is 20.2. The van der Waals surface area contributed by atoms with E-state index in [2.05, 4.69) is 5.48 Å². The number of aliphatic hydroxyl groups is 2. The molecular weight excluding hydrogens is 234 g/mol. The lowest BCUT2D eigenvalue weighted by Gasteiger charge is -2.33. The Morgan fingerprint density at radius 1 is 1.39 bits per heavy atom. The van der Waals surface area contributed by atoms with E-state index in [0.717, 1.165) is 11.3 Å². The molecule has 1 aliphatic heterocycles. The van der Waals surface area contributed by atoms with E-state index in [9.17, 15) is 10.2 Å². The Balaban J connectivity index is 2.13. The Hall–Kier alpha value is -1.14. The monoisotopic (exact) mass is 253 g/mol. The fraction of sp³-hybridized carbons (Fsp3) is 0.538. The van der Waals surface area contributed by atoms with Crippen LogP contribution in [0.2, 0.25) is 0 Å². The molecule has 1 aliphatic rings. The maximum Gasteiger partial charge on any atom is 0.168 e. The van der Waals surface area contributed by atoms with Gasteiger partial charge >= 0.3 is 0 Å². The van der Waals surface area contributed by atoms with Gasteiger partial charge in [0.1, 0.15) is 17.5 Å². The van der Waals surface area contributed by atoms with Crippen molar-refractivity contribution in [2.75, 3.05) is 7.11 Å². The molecule has 0 aliphatic carbocycles. The van der Waals surface area contributed by atoms with E-state index in [0.29, 0.717) is 0 Å². The van der Waals surface area contributed by atoms with Gasteiger partial charge in [-0.15, -0.1) is 0 Å². The standard InChI is InChI=1S/C13H19NO4/c1-12(2,15)13(16)8-11(18-14-13)9-4-6-10(17-3)7-5-9/h4-7,11,14-16H,8H2,1-3H3/t11-,13-/m0/s1. The average Bonchev–Trinajstić information content (AvgIpc) is 2.73. The molecule has 100 valence electrons. The molecule has 0 bridgehead atoms. The van der Waals surface area contributed by atoms with Crippen LogP contribution in [-0.2, 0) is 4.84 Å². The van der Waals surface area contributed by atoms with Gasteiger partial charge in [-0.2, -0.15) is 5.48 Å². The zero-order valence-electron chi connectivity index (χ0n) is 10.8. The van der Waals surface area contributed by atoms with E-state index in [1.54, 1.807) is 21.0 Å². The molecule has 0 amide bonds. The van der Waals surface area contributed by atoms with Crippen LogP contribution in [0.4, 0.5) is 0 Å². The predicted molar refractivity (Wildman–Crippen MR) is 65.8 cm³/mol. The second kappa shape index (κ2) is 4.51. The van der Waals surface area contributed by atoms with Crippen molar-refractivity contribution in [2.24, 2.45) is 0 Å². The first kappa shape index (κ1) is 13.3. The van der Waals surface area contributed by atoms with E-state index in [1.807, 2.05) is 24.3 Å². The van der Waals surface area contributed by atoms with Gasteiger partial charge in [-0.3, -0.25) is 4.84 Å². The number of hydroxylamine groups is 1. The van der Waals surface area contributed by atoms with Crippen LogP contribution in [-0.4, -0.2) is 28.6 Å². The van der Waals surface area contributed by atoms with Crippen LogP contribution in [0.1, 0.15) is 31.9 Å². The SMILES string of the molecule is COc1ccc([C@@H]2C[C@](O)(C(C)(C)O)NO2)cc1. The van der Waals surface area contributed by atoms with Gasteiger partial charge in [0.2, 0.25) is 0 Å². The smallest absolute Gasteiger partial charge is 0.168 e. The van der Waals surface area contributed by atoms with E-state index < -0.39 is 11.3 Å².